The Balaban J connectivity index is 1.91. The Kier molecular flexibility index (Phi) is 4.25. The number of rotatable bonds is 3. The van der Waals surface area contributed by atoms with E-state index < -0.39 is 17.4 Å². The van der Waals surface area contributed by atoms with Crippen LogP contribution in [0.3, 0.4) is 0 Å². The first-order valence-electron chi connectivity index (χ1n) is 9.52. The van der Waals surface area contributed by atoms with Crippen molar-refractivity contribution in [2.24, 2.45) is 7.05 Å². The predicted molar refractivity (Wildman–Crippen MR) is 113 cm³/mol. The van der Waals surface area contributed by atoms with Gasteiger partial charge in [-0.25, -0.2) is 13.3 Å². The number of carbonyl (C=O) groups excluding carboxylic acids is 1. The number of fused-ring (bicyclic) bond motifs is 3. The second-order valence-corrected chi connectivity index (χ2v) is 7.18. The normalized spacial score (nSPS) is 11.3. The van der Waals surface area contributed by atoms with Crippen LogP contribution in [0.2, 0.25) is 0 Å². The molecular formula is C24H15F2N3O2. The Morgan fingerprint density at radius 1 is 0.839 bits per heavy atom. The number of para-hydroxylation sites is 2. The van der Waals surface area contributed by atoms with Gasteiger partial charge >= 0.3 is 0 Å². The molecule has 0 saturated carbocycles. The van der Waals surface area contributed by atoms with E-state index in [9.17, 15) is 18.4 Å². The number of aryl methyl sites for hydroxylation is 1. The van der Waals surface area contributed by atoms with E-state index in [0.717, 1.165) is 0 Å². The molecule has 0 saturated heterocycles. The lowest BCUT2D eigenvalue weighted by Gasteiger charge is -2.08. The number of benzene rings is 3. The maximum Gasteiger partial charge on any atom is 0.277 e. The van der Waals surface area contributed by atoms with E-state index in [1.54, 1.807) is 19.2 Å². The number of aromatic nitrogens is 3. The largest absolute Gasteiger partial charge is 0.308 e. The molecule has 0 aliphatic heterocycles. The molecule has 2 aromatic heterocycles. The van der Waals surface area contributed by atoms with Gasteiger partial charge in [0.25, 0.3) is 5.56 Å². The van der Waals surface area contributed by atoms with Crippen molar-refractivity contribution in [3.05, 3.63) is 106 Å². The fourth-order valence-electron chi connectivity index (χ4n) is 3.77. The molecular weight excluding hydrogens is 400 g/mol. The molecule has 0 bridgehead atoms. The Morgan fingerprint density at radius 3 is 2.06 bits per heavy atom. The minimum atomic E-state index is -0.467. The average Bonchev–Trinajstić information content (AvgIpc) is 3.19. The van der Waals surface area contributed by atoms with Crippen molar-refractivity contribution in [3.63, 3.8) is 0 Å². The first-order chi connectivity index (χ1) is 15.0. The summed E-state index contributed by atoms with van der Waals surface area (Å²) in [5.41, 5.74) is 2.20. The summed E-state index contributed by atoms with van der Waals surface area (Å²) >= 11 is 0. The molecule has 0 unspecified atom stereocenters. The van der Waals surface area contributed by atoms with E-state index >= 15 is 0 Å². The molecule has 0 N–H and O–H groups in total. The van der Waals surface area contributed by atoms with Gasteiger partial charge in [0, 0.05) is 18.2 Å². The lowest BCUT2D eigenvalue weighted by atomic mass is 9.99. The van der Waals surface area contributed by atoms with E-state index in [1.165, 1.54) is 57.6 Å². The third-order valence-electron chi connectivity index (χ3n) is 5.32. The maximum absolute atomic E-state index is 13.6. The number of hydrogen-bond acceptors (Lipinski definition) is 3. The van der Waals surface area contributed by atoms with E-state index in [2.05, 4.69) is 5.10 Å². The minimum absolute atomic E-state index is 0.0340. The highest BCUT2D eigenvalue weighted by Crippen LogP contribution is 2.30. The van der Waals surface area contributed by atoms with Crippen LogP contribution in [0.4, 0.5) is 8.78 Å². The standard InChI is InChI=1S/C24H15F2N3O2/c1-28-18-4-2-3-5-19(18)29-22(24(28)31)20(14-6-10-16(25)11-7-14)21(27-29)23(30)15-8-12-17(26)13-9-15/h2-13H,1H3. The first-order valence-corrected chi connectivity index (χ1v) is 9.52. The summed E-state index contributed by atoms with van der Waals surface area (Å²) in [6, 6.07) is 17.8. The number of halogens is 2. The Bertz CT molecular complexity index is 1530. The fourth-order valence-corrected chi connectivity index (χ4v) is 3.77. The van der Waals surface area contributed by atoms with Gasteiger partial charge in [-0.2, -0.15) is 5.10 Å². The van der Waals surface area contributed by atoms with Gasteiger partial charge in [0.15, 0.2) is 0 Å². The number of nitrogens with zero attached hydrogens (tertiary/aromatic N) is 3. The smallest absolute Gasteiger partial charge is 0.277 e. The first kappa shape index (κ1) is 18.9. The van der Waals surface area contributed by atoms with E-state index in [4.69, 9.17) is 0 Å². The van der Waals surface area contributed by atoms with Gasteiger partial charge in [0.05, 0.1) is 11.0 Å². The monoisotopic (exact) mass is 415 g/mol. The van der Waals surface area contributed by atoms with E-state index in [-0.39, 0.29) is 22.3 Å². The Morgan fingerprint density at radius 2 is 1.42 bits per heavy atom. The van der Waals surface area contributed by atoms with Gasteiger partial charge in [0.2, 0.25) is 5.78 Å². The Hall–Kier alpha value is -4.13. The van der Waals surface area contributed by atoms with E-state index in [0.29, 0.717) is 22.2 Å². The molecule has 7 heteroatoms. The van der Waals surface area contributed by atoms with Crippen molar-refractivity contribution in [3.8, 4) is 11.1 Å². The summed E-state index contributed by atoms with van der Waals surface area (Å²) in [5.74, 6) is -1.37. The summed E-state index contributed by atoms with van der Waals surface area (Å²) in [6.07, 6.45) is 0. The van der Waals surface area contributed by atoms with Crippen LogP contribution in [0.5, 0.6) is 0 Å². The van der Waals surface area contributed by atoms with Gasteiger partial charge in [0.1, 0.15) is 22.8 Å². The second kappa shape index (κ2) is 6.98. The molecule has 152 valence electrons. The molecule has 5 rings (SSSR count). The summed E-state index contributed by atoms with van der Waals surface area (Å²) in [4.78, 5) is 26.6. The molecule has 0 amide bonds. The second-order valence-electron chi connectivity index (χ2n) is 7.18. The zero-order chi connectivity index (χ0) is 21.7. The number of carbonyl (C=O) groups is 1. The lowest BCUT2D eigenvalue weighted by Crippen LogP contribution is -2.20. The summed E-state index contributed by atoms with van der Waals surface area (Å²) < 4.78 is 29.9. The topological polar surface area (TPSA) is 56.4 Å². The van der Waals surface area contributed by atoms with Crippen LogP contribution in [0, 0.1) is 11.6 Å². The van der Waals surface area contributed by atoms with Crippen LogP contribution in [0.1, 0.15) is 16.1 Å². The van der Waals surface area contributed by atoms with Crippen molar-refractivity contribution in [1.29, 1.82) is 0 Å². The van der Waals surface area contributed by atoms with E-state index in [1.807, 2.05) is 12.1 Å². The van der Waals surface area contributed by atoms with Crippen LogP contribution in [0.25, 0.3) is 27.7 Å². The number of hydrogen-bond donors (Lipinski definition) is 0. The van der Waals surface area contributed by atoms with Crippen molar-refractivity contribution < 1.29 is 13.6 Å². The molecule has 3 aromatic carbocycles. The molecule has 0 atom stereocenters. The summed E-state index contributed by atoms with van der Waals surface area (Å²) in [5, 5.41) is 4.51. The van der Waals surface area contributed by atoms with Crippen LogP contribution in [-0.4, -0.2) is 20.0 Å². The summed E-state index contributed by atoms with van der Waals surface area (Å²) in [6.45, 7) is 0. The molecule has 0 fully saturated rings. The third kappa shape index (κ3) is 2.93. The van der Waals surface area contributed by atoms with Crippen LogP contribution >= 0.6 is 0 Å². The molecule has 2 heterocycles. The highest BCUT2D eigenvalue weighted by atomic mass is 19.1. The third-order valence-corrected chi connectivity index (χ3v) is 5.32. The average molecular weight is 415 g/mol. The Labute approximate surface area is 174 Å². The van der Waals surface area contributed by atoms with Crippen molar-refractivity contribution >= 4 is 22.3 Å². The van der Waals surface area contributed by atoms with Crippen LogP contribution in [0.15, 0.2) is 77.6 Å². The zero-order valence-electron chi connectivity index (χ0n) is 16.3. The van der Waals surface area contributed by atoms with Crippen LogP contribution in [-0.2, 0) is 7.05 Å². The molecule has 0 radical (unpaired) electrons. The quantitative estimate of drug-likeness (QED) is 0.412. The van der Waals surface area contributed by atoms with Crippen LogP contribution < -0.4 is 5.56 Å². The SMILES string of the molecule is Cn1c(=O)c2c(-c3ccc(F)cc3)c(C(=O)c3ccc(F)cc3)nn2c2ccccc21. The maximum atomic E-state index is 13.6. The van der Waals surface area contributed by atoms with Crippen molar-refractivity contribution in [1.82, 2.24) is 14.2 Å². The minimum Gasteiger partial charge on any atom is -0.308 e. The van der Waals surface area contributed by atoms with Gasteiger partial charge < -0.3 is 4.57 Å². The highest BCUT2D eigenvalue weighted by Gasteiger charge is 2.25. The zero-order valence-corrected chi connectivity index (χ0v) is 16.3. The molecule has 0 aliphatic rings. The van der Waals surface area contributed by atoms with Gasteiger partial charge in [-0.3, -0.25) is 9.59 Å². The molecule has 5 nitrogen and oxygen atoms in total. The summed E-state index contributed by atoms with van der Waals surface area (Å²) in [7, 11) is 1.65. The van der Waals surface area contributed by atoms with Gasteiger partial charge in [-0.05, 0) is 54.1 Å². The van der Waals surface area contributed by atoms with Gasteiger partial charge in [-0.1, -0.05) is 24.3 Å². The number of ketones is 1. The predicted octanol–water partition coefficient (Wildman–Crippen LogP) is 4.36. The van der Waals surface area contributed by atoms with Crippen molar-refractivity contribution in [2.75, 3.05) is 0 Å². The fraction of sp³-hybridized carbons (Fsp3) is 0.0417. The molecule has 0 aliphatic carbocycles. The molecule has 0 spiro atoms. The van der Waals surface area contributed by atoms with Gasteiger partial charge in [-0.15, -0.1) is 0 Å². The highest BCUT2D eigenvalue weighted by molar-refractivity contribution is 6.14. The lowest BCUT2D eigenvalue weighted by molar-refractivity contribution is 0.103. The molecule has 5 aromatic rings. The van der Waals surface area contributed by atoms with Crippen molar-refractivity contribution in [2.45, 2.75) is 0 Å². The molecule has 31 heavy (non-hydrogen) atoms.